The van der Waals surface area contributed by atoms with E-state index in [2.05, 4.69) is 86.6 Å². The van der Waals surface area contributed by atoms with Gasteiger partial charge in [0.15, 0.2) is 6.29 Å². The van der Waals surface area contributed by atoms with Crippen LogP contribution in [0.3, 0.4) is 0 Å². The Morgan fingerprint density at radius 2 is 1.56 bits per heavy atom. The maximum absolute atomic E-state index is 12.0. The van der Waals surface area contributed by atoms with Crippen molar-refractivity contribution in [1.29, 1.82) is 0 Å². The van der Waals surface area contributed by atoms with Gasteiger partial charge >= 0.3 is 5.97 Å². The quantitative estimate of drug-likeness (QED) is 0.222. The number of hydrogen-bond acceptors (Lipinski definition) is 5. The number of benzene rings is 3. The summed E-state index contributed by atoms with van der Waals surface area (Å²) in [6.45, 7) is 4.17. The number of aliphatic hydroxyl groups excluding tert-OH is 1. The highest BCUT2D eigenvalue weighted by molar-refractivity contribution is 6.95. The zero-order valence-corrected chi connectivity index (χ0v) is 21.8. The highest BCUT2D eigenvalue weighted by Gasteiger charge is 2.62. The highest BCUT2D eigenvalue weighted by atomic mass is 28.3. The minimum absolute atomic E-state index is 0.0382. The van der Waals surface area contributed by atoms with Crippen molar-refractivity contribution < 1.29 is 24.1 Å². The Balaban J connectivity index is 1.17. The SMILES string of the molecule is Cc1cc([SiH](c2ccccc2)c2ccccc2)cc(C)c1OCC(O)OC1C2CC3C(=O)OC1C3C2. The fraction of sp³-hybridized carbons (Fsp3) is 0.367. The van der Waals surface area contributed by atoms with Crippen molar-refractivity contribution in [3.05, 3.63) is 83.9 Å². The summed E-state index contributed by atoms with van der Waals surface area (Å²) in [7, 11) is -1.64. The molecule has 3 aromatic carbocycles. The van der Waals surface area contributed by atoms with E-state index in [0.29, 0.717) is 0 Å². The number of aryl methyl sites for hydroxylation is 2. The van der Waals surface area contributed by atoms with Crippen molar-refractivity contribution in [3.8, 4) is 5.75 Å². The number of rotatable bonds is 8. The number of esters is 1. The summed E-state index contributed by atoms with van der Waals surface area (Å²) in [5, 5.41) is 14.7. The van der Waals surface area contributed by atoms with Crippen molar-refractivity contribution in [3.63, 3.8) is 0 Å². The van der Waals surface area contributed by atoms with Gasteiger partial charge in [-0.15, -0.1) is 0 Å². The summed E-state index contributed by atoms with van der Waals surface area (Å²) in [6, 6.07) is 26.0. The predicted octanol–water partition coefficient (Wildman–Crippen LogP) is 2.22. The Morgan fingerprint density at radius 3 is 2.17 bits per heavy atom. The topological polar surface area (TPSA) is 65.0 Å². The average Bonchev–Trinajstić information content (AvgIpc) is 3.51. The third-order valence-corrected chi connectivity index (χ3v) is 11.3. The van der Waals surface area contributed by atoms with Crippen molar-refractivity contribution in [2.45, 2.75) is 45.2 Å². The van der Waals surface area contributed by atoms with Gasteiger partial charge in [0.05, 0.1) is 5.92 Å². The van der Waals surface area contributed by atoms with Gasteiger partial charge in [-0.2, -0.15) is 0 Å². The summed E-state index contributed by atoms with van der Waals surface area (Å²) in [5.41, 5.74) is 2.10. The second kappa shape index (κ2) is 9.50. The van der Waals surface area contributed by atoms with Crippen LogP contribution in [0.2, 0.25) is 0 Å². The molecule has 6 atom stereocenters. The van der Waals surface area contributed by atoms with Crippen molar-refractivity contribution in [1.82, 2.24) is 0 Å². The fourth-order valence-electron chi connectivity index (χ4n) is 6.71. The summed E-state index contributed by atoms with van der Waals surface area (Å²) in [5.74, 6) is 1.27. The van der Waals surface area contributed by atoms with Crippen LogP contribution < -0.4 is 20.3 Å². The summed E-state index contributed by atoms with van der Waals surface area (Å²) >= 11 is 0. The van der Waals surface area contributed by atoms with E-state index in [9.17, 15) is 9.90 Å². The Hall–Kier alpha value is -2.93. The lowest BCUT2D eigenvalue weighted by Gasteiger charge is -2.28. The lowest BCUT2D eigenvalue weighted by Crippen LogP contribution is -2.52. The minimum Gasteiger partial charge on any atom is -0.488 e. The molecular weight excluding hydrogens is 468 g/mol. The molecule has 6 heteroatoms. The molecule has 0 aromatic heterocycles. The smallest absolute Gasteiger partial charge is 0.309 e. The van der Waals surface area contributed by atoms with Gasteiger partial charge in [-0.1, -0.05) is 88.4 Å². The van der Waals surface area contributed by atoms with E-state index in [1.807, 2.05) is 0 Å². The first-order chi connectivity index (χ1) is 17.5. The van der Waals surface area contributed by atoms with Gasteiger partial charge in [-0.05, 0) is 43.7 Å². The lowest BCUT2D eigenvalue weighted by atomic mass is 9.88. The molecule has 6 unspecified atom stereocenters. The lowest BCUT2D eigenvalue weighted by molar-refractivity contribution is -0.187. The van der Waals surface area contributed by atoms with Crippen LogP contribution in [0.5, 0.6) is 5.75 Å². The number of carbonyl (C=O) groups excluding carboxylic acids is 1. The molecule has 1 saturated heterocycles. The van der Waals surface area contributed by atoms with Crippen molar-refractivity contribution in [2.24, 2.45) is 17.8 Å². The first-order valence-corrected chi connectivity index (χ1v) is 14.6. The molecule has 2 bridgehead atoms. The van der Waals surface area contributed by atoms with E-state index in [4.69, 9.17) is 14.2 Å². The van der Waals surface area contributed by atoms with E-state index in [-0.39, 0.29) is 42.5 Å². The van der Waals surface area contributed by atoms with Crippen LogP contribution in [0.4, 0.5) is 0 Å². The van der Waals surface area contributed by atoms with E-state index >= 15 is 0 Å². The number of ether oxygens (including phenoxy) is 3. The van der Waals surface area contributed by atoms with Crippen LogP contribution in [-0.2, 0) is 14.3 Å². The van der Waals surface area contributed by atoms with E-state index in [1.54, 1.807) is 0 Å². The molecule has 0 spiro atoms. The number of aliphatic hydroxyl groups is 1. The predicted molar refractivity (Wildman–Crippen MR) is 141 cm³/mol. The molecule has 2 saturated carbocycles. The second-order valence-electron chi connectivity index (χ2n) is 10.5. The highest BCUT2D eigenvalue weighted by Crippen LogP contribution is 2.55. The molecule has 3 fully saturated rings. The number of hydrogen-bond donors (Lipinski definition) is 1. The van der Waals surface area contributed by atoms with Crippen LogP contribution >= 0.6 is 0 Å². The molecule has 36 heavy (non-hydrogen) atoms. The summed E-state index contributed by atoms with van der Waals surface area (Å²) in [6.07, 6.45) is 0.251. The molecule has 1 N–H and O–H groups in total. The number of carbonyl (C=O) groups is 1. The third-order valence-electron chi connectivity index (χ3n) is 8.18. The fourth-order valence-corrected chi connectivity index (χ4v) is 9.91. The maximum atomic E-state index is 12.0. The molecule has 1 aliphatic heterocycles. The Kier molecular flexibility index (Phi) is 6.19. The summed E-state index contributed by atoms with van der Waals surface area (Å²) < 4.78 is 17.6. The monoisotopic (exact) mass is 500 g/mol. The van der Waals surface area contributed by atoms with Crippen LogP contribution in [0.1, 0.15) is 24.0 Å². The van der Waals surface area contributed by atoms with Crippen molar-refractivity contribution >= 4 is 30.3 Å². The zero-order valence-electron chi connectivity index (χ0n) is 20.7. The standard InChI is InChI=1S/C30H32O5Si/c1-18-13-23(36(21-9-5-3-6-10-21)22-11-7-4-8-12-22)14-19(2)27(18)33-17-26(31)34-28-20-15-24-25(16-20)30(32)35-29(24)28/h3-14,20,24-26,28-29,31,36H,15-17H2,1-2H3. The van der Waals surface area contributed by atoms with Gasteiger partial charge in [-0.25, -0.2) is 0 Å². The van der Waals surface area contributed by atoms with E-state index < -0.39 is 15.1 Å². The molecule has 5 nitrogen and oxygen atoms in total. The molecule has 0 amide bonds. The largest absolute Gasteiger partial charge is 0.488 e. The van der Waals surface area contributed by atoms with Crippen LogP contribution in [0.15, 0.2) is 72.8 Å². The molecule has 3 aliphatic rings. The minimum atomic E-state index is -1.64. The van der Waals surface area contributed by atoms with Crippen molar-refractivity contribution in [2.75, 3.05) is 6.61 Å². The first kappa shape index (κ1) is 23.5. The average molecular weight is 501 g/mol. The first-order valence-electron chi connectivity index (χ1n) is 12.9. The normalized spacial score (nSPS) is 26.9. The molecule has 2 aliphatic carbocycles. The molecule has 6 rings (SSSR count). The third kappa shape index (κ3) is 4.17. The van der Waals surface area contributed by atoms with Crippen LogP contribution in [0, 0.1) is 31.6 Å². The molecular formula is C30H32O5Si. The molecule has 186 valence electrons. The Morgan fingerprint density at radius 1 is 0.944 bits per heavy atom. The molecule has 1 heterocycles. The Bertz CT molecular complexity index is 1180. The van der Waals surface area contributed by atoms with Gasteiger partial charge in [0.25, 0.3) is 0 Å². The second-order valence-corrected chi connectivity index (χ2v) is 13.4. The molecule has 0 radical (unpaired) electrons. The van der Waals surface area contributed by atoms with Crippen LogP contribution in [-0.4, -0.2) is 45.0 Å². The zero-order chi connectivity index (χ0) is 24.8. The van der Waals surface area contributed by atoms with Crippen LogP contribution in [0.25, 0.3) is 0 Å². The maximum Gasteiger partial charge on any atom is 0.309 e. The molecule has 3 aromatic rings. The van der Waals surface area contributed by atoms with Gasteiger partial charge < -0.3 is 19.3 Å². The Labute approximate surface area is 213 Å². The van der Waals surface area contributed by atoms with Gasteiger partial charge in [0.1, 0.15) is 33.4 Å². The van der Waals surface area contributed by atoms with Gasteiger partial charge in [0.2, 0.25) is 0 Å². The number of fused-ring (bicyclic) bond motifs is 1. The van der Waals surface area contributed by atoms with E-state index in [0.717, 1.165) is 29.7 Å². The van der Waals surface area contributed by atoms with Gasteiger partial charge in [-0.3, -0.25) is 4.79 Å². The summed E-state index contributed by atoms with van der Waals surface area (Å²) in [4.78, 5) is 12.0. The van der Waals surface area contributed by atoms with E-state index in [1.165, 1.54) is 15.6 Å². The van der Waals surface area contributed by atoms with Gasteiger partial charge in [0, 0.05) is 5.92 Å².